The number of benzene rings is 1. The SMILES string of the molecule is O=C1OC2=C(OC(=O)C(O)C1O)c1ccccc1CC2. The van der Waals surface area contributed by atoms with Gasteiger partial charge in [-0.15, -0.1) is 0 Å². The number of carbonyl (C=O) groups excluding carboxylic acids is 2. The predicted octanol–water partition coefficient (Wildman–Crippen LogP) is 0.123. The van der Waals surface area contributed by atoms with Crippen LogP contribution in [0.2, 0.25) is 0 Å². The molecule has 6 heteroatoms. The second kappa shape index (κ2) is 4.73. The van der Waals surface area contributed by atoms with Crippen molar-refractivity contribution in [1.82, 2.24) is 0 Å². The van der Waals surface area contributed by atoms with Crippen molar-refractivity contribution < 1.29 is 29.3 Å². The van der Waals surface area contributed by atoms with Crippen LogP contribution in [0.25, 0.3) is 5.76 Å². The highest BCUT2D eigenvalue weighted by Crippen LogP contribution is 2.34. The molecule has 0 saturated carbocycles. The lowest BCUT2D eigenvalue weighted by Gasteiger charge is -2.26. The summed E-state index contributed by atoms with van der Waals surface area (Å²) in [5.74, 6) is -1.79. The van der Waals surface area contributed by atoms with Gasteiger partial charge in [0.1, 0.15) is 0 Å². The van der Waals surface area contributed by atoms with Crippen molar-refractivity contribution in [3.05, 3.63) is 41.2 Å². The lowest BCUT2D eigenvalue weighted by molar-refractivity contribution is -0.169. The van der Waals surface area contributed by atoms with Crippen LogP contribution in [-0.4, -0.2) is 34.4 Å². The van der Waals surface area contributed by atoms with Crippen LogP contribution in [0.3, 0.4) is 0 Å². The highest BCUT2D eigenvalue weighted by molar-refractivity contribution is 5.91. The molecule has 0 radical (unpaired) electrons. The van der Waals surface area contributed by atoms with E-state index in [-0.39, 0.29) is 11.5 Å². The predicted molar refractivity (Wildman–Crippen MR) is 65.9 cm³/mol. The van der Waals surface area contributed by atoms with Gasteiger partial charge in [0.05, 0.1) is 0 Å². The maximum atomic E-state index is 11.7. The van der Waals surface area contributed by atoms with Crippen molar-refractivity contribution in [2.24, 2.45) is 0 Å². The fourth-order valence-electron chi connectivity index (χ4n) is 2.28. The summed E-state index contributed by atoms with van der Waals surface area (Å²) in [6.07, 6.45) is -2.87. The molecule has 1 aromatic carbocycles. The number of aryl methyl sites for hydroxylation is 1. The van der Waals surface area contributed by atoms with Crippen molar-refractivity contribution in [2.45, 2.75) is 25.0 Å². The third-order valence-corrected chi connectivity index (χ3v) is 3.35. The Morgan fingerprint density at radius 1 is 0.950 bits per heavy atom. The quantitative estimate of drug-likeness (QED) is 0.654. The molecule has 2 atom stereocenters. The van der Waals surface area contributed by atoms with Gasteiger partial charge in [-0.2, -0.15) is 0 Å². The Hall–Kier alpha value is -2.18. The molecule has 1 aliphatic carbocycles. The zero-order chi connectivity index (χ0) is 14.3. The highest BCUT2D eigenvalue weighted by atomic mass is 16.6. The number of rotatable bonds is 0. The number of aliphatic hydroxyl groups excluding tert-OH is 2. The standard InChI is InChI=1S/C14H12O6/c15-10-11(16)14(18)20-12-8-4-2-1-3-7(8)5-6-9(12)19-13(10)17/h1-4,10-11,15-16H,5-6H2. The molecule has 1 heterocycles. The van der Waals surface area contributed by atoms with Crippen LogP contribution in [-0.2, 0) is 25.5 Å². The van der Waals surface area contributed by atoms with E-state index in [1.807, 2.05) is 12.1 Å². The van der Waals surface area contributed by atoms with Crippen molar-refractivity contribution in [2.75, 3.05) is 0 Å². The molecule has 2 N–H and O–H groups in total. The van der Waals surface area contributed by atoms with Crippen LogP contribution >= 0.6 is 0 Å². The number of hydrogen-bond donors (Lipinski definition) is 2. The number of esters is 2. The van der Waals surface area contributed by atoms with Crippen molar-refractivity contribution in [3.8, 4) is 0 Å². The van der Waals surface area contributed by atoms with E-state index in [2.05, 4.69) is 0 Å². The van der Waals surface area contributed by atoms with Gasteiger partial charge < -0.3 is 19.7 Å². The van der Waals surface area contributed by atoms with Gasteiger partial charge in [-0.3, -0.25) is 0 Å². The fourth-order valence-corrected chi connectivity index (χ4v) is 2.28. The summed E-state index contributed by atoms with van der Waals surface area (Å²) < 4.78 is 10.1. The molecule has 1 aliphatic heterocycles. The summed E-state index contributed by atoms with van der Waals surface area (Å²) in [5, 5.41) is 19.0. The van der Waals surface area contributed by atoms with Crippen molar-refractivity contribution >= 4 is 17.7 Å². The number of ether oxygens (including phenoxy) is 2. The maximum absolute atomic E-state index is 11.7. The Labute approximate surface area is 114 Å². The zero-order valence-corrected chi connectivity index (χ0v) is 10.4. The number of hydrogen-bond acceptors (Lipinski definition) is 6. The Kier molecular flexibility index (Phi) is 3.04. The molecule has 0 amide bonds. The molecule has 0 fully saturated rings. The normalized spacial score (nSPS) is 25.9. The molecule has 0 saturated heterocycles. The minimum atomic E-state index is -1.95. The first kappa shape index (κ1) is 12.8. The summed E-state index contributed by atoms with van der Waals surface area (Å²) in [7, 11) is 0. The molecule has 104 valence electrons. The van der Waals surface area contributed by atoms with Gasteiger partial charge in [0.2, 0.25) is 0 Å². The first-order chi connectivity index (χ1) is 9.58. The van der Waals surface area contributed by atoms with Crippen molar-refractivity contribution in [3.63, 3.8) is 0 Å². The van der Waals surface area contributed by atoms with E-state index in [1.165, 1.54) is 0 Å². The van der Waals surface area contributed by atoms with Gasteiger partial charge in [0.15, 0.2) is 23.7 Å². The molecule has 0 spiro atoms. The molecule has 0 aromatic heterocycles. The molecular weight excluding hydrogens is 264 g/mol. The Morgan fingerprint density at radius 3 is 2.35 bits per heavy atom. The molecule has 6 nitrogen and oxygen atoms in total. The molecule has 3 rings (SSSR count). The Bertz CT molecular complexity index is 618. The monoisotopic (exact) mass is 276 g/mol. The summed E-state index contributed by atoms with van der Waals surface area (Å²) in [4.78, 5) is 23.3. The van der Waals surface area contributed by atoms with Crippen molar-refractivity contribution in [1.29, 1.82) is 0 Å². The van der Waals surface area contributed by atoms with Gasteiger partial charge in [-0.05, 0) is 12.0 Å². The zero-order valence-electron chi connectivity index (χ0n) is 10.4. The van der Waals surface area contributed by atoms with E-state index in [0.717, 1.165) is 5.56 Å². The minimum Gasteiger partial charge on any atom is -0.425 e. The first-order valence-corrected chi connectivity index (χ1v) is 6.19. The second-order valence-electron chi connectivity index (χ2n) is 4.64. The lowest BCUT2D eigenvalue weighted by atomic mass is 9.94. The Morgan fingerprint density at radius 2 is 1.60 bits per heavy atom. The van der Waals surface area contributed by atoms with Gasteiger partial charge >= 0.3 is 11.9 Å². The van der Waals surface area contributed by atoms with Gasteiger partial charge in [-0.25, -0.2) is 9.59 Å². The van der Waals surface area contributed by atoms with E-state index in [0.29, 0.717) is 18.4 Å². The minimum absolute atomic E-state index is 0.135. The van der Waals surface area contributed by atoms with Crippen LogP contribution in [0.5, 0.6) is 0 Å². The van der Waals surface area contributed by atoms with Crippen LogP contribution in [0, 0.1) is 0 Å². The Balaban J connectivity index is 2.09. The average molecular weight is 276 g/mol. The molecule has 1 aromatic rings. The van der Waals surface area contributed by atoms with E-state index < -0.39 is 24.1 Å². The third-order valence-electron chi connectivity index (χ3n) is 3.35. The summed E-state index contributed by atoms with van der Waals surface area (Å²) in [6, 6.07) is 7.27. The summed E-state index contributed by atoms with van der Waals surface area (Å²) >= 11 is 0. The fraction of sp³-hybridized carbons (Fsp3) is 0.286. The maximum Gasteiger partial charge on any atom is 0.343 e. The molecule has 0 bridgehead atoms. The highest BCUT2D eigenvalue weighted by Gasteiger charge is 2.38. The number of aliphatic hydroxyl groups is 2. The summed E-state index contributed by atoms with van der Waals surface area (Å²) in [6.45, 7) is 0. The number of fused-ring (bicyclic) bond motifs is 2. The molecule has 2 unspecified atom stereocenters. The van der Waals surface area contributed by atoms with Crippen LogP contribution in [0.1, 0.15) is 17.5 Å². The van der Waals surface area contributed by atoms with E-state index >= 15 is 0 Å². The van der Waals surface area contributed by atoms with Crippen LogP contribution in [0.15, 0.2) is 30.0 Å². The van der Waals surface area contributed by atoms with Gasteiger partial charge in [-0.1, -0.05) is 24.3 Å². The van der Waals surface area contributed by atoms with E-state index in [9.17, 15) is 19.8 Å². The lowest BCUT2D eigenvalue weighted by Crippen LogP contribution is -2.43. The number of allylic oxidation sites excluding steroid dienone is 1. The molecular formula is C14H12O6. The van der Waals surface area contributed by atoms with Crippen LogP contribution < -0.4 is 0 Å². The van der Waals surface area contributed by atoms with E-state index in [4.69, 9.17) is 9.47 Å². The van der Waals surface area contributed by atoms with Gasteiger partial charge in [0.25, 0.3) is 0 Å². The third kappa shape index (κ3) is 1.99. The number of carbonyl (C=O) groups is 2. The van der Waals surface area contributed by atoms with Gasteiger partial charge in [0, 0.05) is 12.0 Å². The second-order valence-corrected chi connectivity index (χ2v) is 4.64. The largest absolute Gasteiger partial charge is 0.425 e. The smallest absolute Gasteiger partial charge is 0.343 e. The van der Waals surface area contributed by atoms with Crippen LogP contribution in [0.4, 0.5) is 0 Å². The topological polar surface area (TPSA) is 93.1 Å². The molecule has 20 heavy (non-hydrogen) atoms. The molecule has 2 aliphatic rings. The average Bonchev–Trinajstić information content (AvgIpc) is 2.47. The van der Waals surface area contributed by atoms with E-state index in [1.54, 1.807) is 12.1 Å². The summed E-state index contributed by atoms with van der Waals surface area (Å²) in [5.41, 5.74) is 1.62. The first-order valence-electron chi connectivity index (χ1n) is 6.19.